The molecule has 2 rings (SSSR count). The second kappa shape index (κ2) is 4.72. The van der Waals surface area contributed by atoms with E-state index in [0.29, 0.717) is 5.03 Å². The Kier molecular flexibility index (Phi) is 3.33. The molecule has 0 unspecified atom stereocenters. The van der Waals surface area contributed by atoms with Crippen LogP contribution in [0.5, 0.6) is 0 Å². The Bertz CT molecular complexity index is 478. The monoisotopic (exact) mass is 284 g/mol. The minimum atomic E-state index is -0.514. The highest BCUT2D eigenvalue weighted by molar-refractivity contribution is 9.10. The topological polar surface area (TPSA) is 25.8 Å². The van der Waals surface area contributed by atoms with Gasteiger partial charge in [0.15, 0.2) is 0 Å². The molecule has 0 saturated heterocycles. The summed E-state index contributed by atoms with van der Waals surface area (Å²) < 4.78 is 13.8. The van der Waals surface area contributed by atoms with Crippen LogP contribution in [0.25, 0.3) is 0 Å². The molecule has 0 bridgehead atoms. The van der Waals surface area contributed by atoms with Crippen LogP contribution >= 0.6 is 27.7 Å². The second-order valence-electron chi connectivity index (χ2n) is 2.71. The summed E-state index contributed by atoms with van der Waals surface area (Å²) in [5.41, 5.74) is 0. The first-order chi connectivity index (χ1) is 7.25. The van der Waals surface area contributed by atoms with Crippen molar-refractivity contribution < 1.29 is 4.39 Å². The third kappa shape index (κ3) is 2.76. The fraction of sp³-hybridized carbons (Fsp3) is 0. The van der Waals surface area contributed by atoms with Crippen LogP contribution in [0.3, 0.4) is 0 Å². The molecule has 0 aliphatic heterocycles. The molecule has 0 saturated carbocycles. The quantitative estimate of drug-likeness (QED) is 0.789. The Labute approximate surface area is 99.1 Å². The van der Waals surface area contributed by atoms with Crippen LogP contribution < -0.4 is 0 Å². The van der Waals surface area contributed by atoms with Crippen LogP contribution in [-0.2, 0) is 0 Å². The third-order valence-corrected chi connectivity index (χ3v) is 3.62. The zero-order chi connectivity index (χ0) is 10.7. The summed E-state index contributed by atoms with van der Waals surface area (Å²) in [5.74, 6) is -0.514. The Hall–Kier alpha value is -0.940. The predicted octanol–water partition coefficient (Wildman–Crippen LogP) is 3.53. The van der Waals surface area contributed by atoms with Gasteiger partial charge in [-0.25, -0.2) is 9.97 Å². The normalized spacial score (nSPS) is 10.3. The van der Waals surface area contributed by atoms with E-state index in [0.717, 1.165) is 9.37 Å². The summed E-state index contributed by atoms with van der Waals surface area (Å²) in [6.07, 6.45) is 1.22. The molecule has 1 heterocycles. The lowest BCUT2D eigenvalue weighted by Gasteiger charge is -2.02. The number of rotatable bonds is 2. The Morgan fingerprint density at radius 2 is 2.00 bits per heavy atom. The molecule has 2 aromatic rings. The maximum atomic E-state index is 12.8. The summed E-state index contributed by atoms with van der Waals surface area (Å²) in [5, 5.41) is 0.592. The number of halogens is 2. The van der Waals surface area contributed by atoms with Crippen LogP contribution in [0.15, 0.2) is 51.1 Å². The maximum absolute atomic E-state index is 12.8. The number of benzene rings is 1. The van der Waals surface area contributed by atoms with Crippen molar-refractivity contribution in [1.82, 2.24) is 9.97 Å². The largest absolute Gasteiger partial charge is 0.229 e. The van der Waals surface area contributed by atoms with Crippen molar-refractivity contribution in [2.75, 3.05) is 0 Å². The van der Waals surface area contributed by atoms with Crippen LogP contribution in [0, 0.1) is 5.95 Å². The molecule has 0 aliphatic rings. The van der Waals surface area contributed by atoms with E-state index < -0.39 is 5.95 Å². The molecular weight excluding hydrogens is 279 g/mol. The van der Waals surface area contributed by atoms with Gasteiger partial charge in [0.1, 0.15) is 11.4 Å². The lowest BCUT2D eigenvalue weighted by Crippen LogP contribution is -1.86. The number of hydrogen-bond donors (Lipinski definition) is 0. The van der Waals surface area contributed by atoms with E-state index in [1.807, 2.05) is 24.3 Å². The summed E-state index contributed by atoms with van der Waals surface area (Å²) in [4.78, 5) is 8.36. The molecule has 0 radical (unpaired) electrons. The van der Waals surface area contributed by atoms with Crippen LogP contribution in [0.1, 0.15) is 0 Å². The zero-order valence-corrected chi connectivity index (χ0v) is 9.93. The molecule has 0 atom stereocenters. The van der Waals surface area contributed by atoms with Crippen molar-refractivity contribution in [3.8, 4) is 0 Å². The standard InChI is InChI=1S/C10H6BrFN2S/c11-7-3-1-2-4-8(7)15-10-5-9(12)13-6-14-10/h1-6H. The molecule has 1 aromatic carbocycles. The smallest absolute Gasteiger partial charge is 0.217 e. The summed E-state index contributed by atoms with van der Waals surface area (Å²) in [7, 11) is 0. The lowest BCUT2D eigenvalue weighted by molar-refractivity contribution is 0.572. The van der Waals surface area contributed by atoms with Crippen LogP contribution in [0.4, 0.5) is 4.39 Å². The molecule has 76 valence electrons. The van der Waals surface area contributed by atoms with Gasteiger partial charge in [0.05, 0.1) is 0 Å². The molecule has 0 N–H and O–H groups in total. The summed E-state index contributed by atoms with van der Waals surface area (Å²) >= 11 is 4.80. The van der Waals surface area contributed by atoms with Crippen molar-refractivity contribution in [3.63, 3.8) is 0 Å². The van der Waals surface area contributed by atoms with Gasteiger partial charge in [0.25, 0.3) is 0 Å². The molecule has 1 aromatic heterocycles. The Morgan fingerprint density at radius 1 is 1.20 bits per heavy atom. The predicted molar refractivity (Wildman–Crippen MR) is 60.3 cm³/mol. The van der Waals surface area contributed by atoms with Crippen molar-refractivity contribution in [1.29, 1.82) is 0 Å². The SMILES string of the molecule is Fc1cc(Sc2ccccc2Br)ncn1. The highest BCUT2D eigenvalue weighted by Crippen LogP contribution is 2.31. The Morgan fingerprint density at radius 3 is 2.73 bits per heavy atom. The summed E-state index contributed by atoms with van der Waals surface area (Å²) in [6, 6.07) is 9.03. The van der Waals surface area contributed by atoms with Gasteiger partial charge in [-0.05, 0) is 28.1 Å². The number of nitrogens with zero attached hydrogens (tertiary/aromatic N) is 2. The first-order valence-electron chi connectivity index (χ1n) is 4.15. The van der Waals surface area contributed by atoms with Gasteiger partial charge in [-0.1, -0.05) is 23.9 Å². The van der Waals surface area contributed by atoms with Gasteiger partial charge in [-0.3, -0.25) is 0 Å². The minimum absolute atomic E-state index is 0.514. The van der Waals surface area contributed by atoms with E-state index in [9.17, 15) is 4.39 Å². The van der Waals surface area contributed by atoms with Gasteiger partial charge in [0, 0.05) is 15.4 Å². The van der Waals surface area contributed by atoms with Crippen molar-refractivity contribution in [2.24, 2.45) is 0 Å². The van der Waals surface area contributed by atoms with E-state index >= 15 is 0 Å². The van der Waals surface area contributed by atoms with E-state index in [-0.39, 0.29) is 0 Å². The first kappa shape index (κ1) is 10.6. The zero-order valence-electron chi connectivity index (χ0n) is 7.52. The van der Waals surface area contributed by atoms with E-state index in [1.54, 1.807) is 0 Å². The molecule has 0 aliphatic carbocycles. The molecule has 2 nitrogen and oxygen atoms in total. The highest BCUT2D eigenvalue weighted by Gasteiger charge is 2.03. The Balaban J connectivity index is 2.26. The fourth-order valence-corrected chi connectivity index (χ4v) is 2.33. The fourth-order valence-electron chi connectivity index (χ4n) is 1.01. The average molecular weight is 285 g/mol. The highest BCUT2D eigenvalue weighted by atomic mass is 79.9. The van der Waals surface area contributed by atoms with Gasteiger partial charge in [-0.2, -0.15) is 4.39 Å². The molecule has 0 fully saturated rings. The van der Waals surface area contributed by atoms with Crippen molar-refractivity contribution in [3.05, 3.63) is 47.1 Å². The maximum Gasteiger partial charge on any atom is 0.217 e. The van der Waals surface area contributed by atoms with Gasteiger partial charge in [-0.15, -0.1) is 0 Å². The lowest BCUT2D eigenvalue weighted by atomic mass is 10.4. The molecular formula is C10H6BrFN2S. The van der Waals surface area contributed by atoms with E-state index in [1.165, 1.54) is 24.2 Å². The first-order valence-corrected chi connectivity index (χ1v) is 5.76. The molecule has 0 spiro atoms. The molecule has 15 heavy (non-hydrogen) atoms. The van der Waals surface area contributed by atoms with Gasteiger partial charge >= 0.3 is 0 Å². The van der Waals surface area contributed by atoms with Crippen LogP contribution in [0.2, 0.25) is 0 Å². The van der Waals surface area contributed by atoms with E-state index in [4.69, 9.17) is 0 Å². The van der Waals surface area contributed by atoms with Gasteiger partial charge in [0.2, 0.25) is 5.95 Å². The number of hydrogen-bond acceptors (Lipinski definition) is 3. The minimum Gasteiger partial charge on any atom is -0.229 e. The summed E-state index contributed by atoms with van der Waals surface area (Å²) in [6.45, 7) is 0. The van der Waals surface area contributed by atoms with Crippen LogP contribution in [-0.4, -0.2) is 9.97 Å². The second-order valence-corrected chi connectivity index (χ2v) is 4.63. The van der Waals surface area contributed by atoms with Gasteiger partial charge < -0.3 is 0 Å². The van der Waals surface area contributed by atoms with E-state index in [2.05, 4.69) is 25.9 Å². The average Bonchev–Trinajstić information content (AvgIpc) is 2.22. The molecule has 0 amide bonds. The van der Waals surface area contributed by atoms with Crippen molar-refractivity contribution in [2.45, 2.75) is 9.92 Å². The van der Waals surface area contributed by atoms with Crippen molar-refractivity contribution >= 4 is 27.7 Å². The third-order valence-electron chi connectivity index (χ3n) is 1.66. The number of aromatic nitrogens is 2. The molecule has 5 heteroatoms.